The van der Waals surface area contributed by atoms with Crippen LogP contribution in [0, 0.1) is 11.3 Å². The van der Waals surface area contributed by atoms with E-state index in [1.54, 1.807) is 0 Å². The highest BCUT2D eigenvalue weighted by molar-refractivity contribution is 7.90. The quantitative estimate of drug-likeness (QED) is 0.687. The van der Waals surface area contributed by atoms with Crippen LogP contribution in [0.3, 0.4) is 0 Å². The number of nitriles is 1. The summed E-state index contributed by atoms with van der Waals surface area (Å²) in [5.74, 6) is 0.203. The van der Waals surface area contributed by atoms with Gasteiger partial charge >= 0.3 is 0 Å². The molecule has 86 valence electrons. The third-order valence-electron chi connectivity index (χ3n) is 2.46. The van der Waals surface area contributed by atoms with Crippen LogP contribution in [-0.2, 0) is 9.84 Å². The minimum Gasteiger partial charge on any atom is -0.313 e. The van der Waals surface area contributed by atoms with Gasteiger partial charge in [-0.2, -0.15) is 5.26 Å². The van der Waals surface area contributed by atoms with Crippen LogP contribution in [0.25, 0.3) is 0 Å². The average Bonchev–Trinajstić information content (AvgIpc) is 2.16. The van der Waals surface area contributed by atoms with Crippen LogP contribution in [-0.4, -0.2) is 57.5 Å². The zero-order valence-electron chi connectivity index (χ0n) is 8.94. The molecule has 0 aliphatic carbocycles. The van der Waals surface area contributed by atoms with Crippen LogP contribution >= 0.6 is 0 Å². The van der Waals surface area contributed by atoms with E-state index in [1.807, 2.05) is 4.90 Å². The molecule has 0 aromatic carbocycles. The van der Waals surface area contributed by atoms with Gasteiger partial charge < -0.3 is 5.32 Å². The molecule has 1 atom stereocenters. The number of hydrogen-bond donors (Lipinski definition) is 1. The maximum absolute atomic E-state index is 10.9. The molecule has 0 bridgehead atoms. The van der Waals surface area contributed by atoms with Crippen molar-refractivity contribution in [3.63, 3.8) is 0 Å². The first-order valence-electron chi connectivity index (χ1n) is 5.05. The van der Waals surface area contributed by atoms with Crippen LogP contribution in [0.4, 0.5) is 0 Å². The van der Waals surface area contributed by atoms with Gasteiger partial charge in [0.2, 0.25) is 0 Å². The van der Waals surface area contributed by atoms with Crippen LogP contribution in [0.2, 0.25) is 0 Å². The van der Waals surface area contributed by atoms with Gasteiger partial charge in [-0.1, -0.05) is 0 Å². The molecular weight excluding hydrogens is 214 g/mol. The van der Waals surface area contributed by atoms with E-state index in [4.69, 9.17) is 5.26 Å². The Hall–Kier alpha value is -0.640. The largest absolute Gasteiger partial charge is 0.313 e. The maximum atomic E-state index is 10.9. The predicted octanol–water partition coefficient (Wildman–Crippen LogP) is -0.782. The van der Waals surface area contributed by atoms with Crippen molar-refractivity contribution in [3.8, 4) is 6.07 Å². The summed E-state index contributed by atoms with van der Waals surface area (Å²) in [5, 5.41) is 12.0. The second-order valence-electron chi connectivity index (χ2n) is 3.87. The summed E-state index contributed by atoms with van der Waals surface area (Å²) in [4.78, 5) is 2.04. The summed E-state index contributed by atoms with van der Waals surface area (Å²) in [6.45, 7) is 3.06. The molecule has 1 N–H and O–H groups in total. The number of nitrogens with zero attached hydrogens (tertiary/aromatic N) is 2. The zero-order valence-corrected chi connectivity index (χ0v) is 9.76. The monoisotopic (exact) mass is 231 g/mol. The fourth-order valence-electron chi connectivity index (χ4n) is 1.67. The normalized spacial score (nSPS) is 23.6. The Kier molecular flexibility index (Phi) is 4.51. The molecule has 5 nitrogen and oxygen atoms in total. The molecule has 1 aliphatic heterocycles. The lowest BCUT2D eigenvalue weighted by molar-refractivity contribution is 0.198. The average molecular weight is 231 g/mol. The summed E-state index contributed by atoms with van der Waals surface area (Å²) in [6.07, 6.45) is 1.85. The Morgan fingerprint density at radius 3 is 2.93 bits per heavy atom. The molecule has 1 rings (SSSR count). The molecule has 0 spiro atoms. The molecule has 1 fully saturated rings. The number of hydrogen-bond acceptors (Lipinski definition) is 5. The highest BCUT2D eigenvalue weighted by Gasteiger charge is 2.21. The van der Waals surface area contributed by atoms with Gasteiger partial charge in [0.25, 0.3) is 0 Å². The van der Waals surface area contributed by atoms with Gasteiger partial charge in [-0.25, -0.2) is 8.42 Å². The van der Waals surface area contributed by atoms with Gasteiger partial charge in [-0.3, -0.25) is 4.90 Å². The fraction of sp³-hybridized carbons (Fsp3) is 0.889. The fourth-order valence-corrected chi connectivity index (χ4v) is 2.32. The molecule has 0 aromatic rings. The first kappa shape index (κ1) is 12.4. The van der Waals surface area contributed by atoms with Crippen molar-refractivity contribution < 1.29 is 8.42 Å². The van der Waals surface area contributed by atoms with E-state index in [0.717, 1.165) is 13.1 Å². The Labute approximate surface area is 91.0 Å². The third-order valence-corrected chi connectivity index (χ3v) is 3.49. The van der Waals surface area contributed by atoms with E-state index in [0.29, 0.717) is 19.5 Å². The second kappa shape index (κ2) is 5.45. The SMILES string of the molecule is CS(=O)(=O)CCCN1CCNCC1C#N. The smallest absolute Gasteiger partial charge is 0.147 e. The van der Waals surface area contributed by atoms with Crippen LogP contribution in [0.5, 0.6) is 0 Å². The Morgan fingerprint density at radius 2 is 2.33 bits per heavy atom. The van der Waals surface area contributed by atoms with Crippen molar-refractivity contribution in [2.75, 3.05) is 38.2 Å². The molecule has 0 saturated carbocycles. The van der Waals surface area contributed by atoms with Gasteiger partial charge in [-0.15, -0.1) is 0 Å². The summed E-state index contributed by atoms with van der Waals surface area (Å²) < 4.78 is 21.9. The summed E-state index contributed by atoms with van der Waals surface area (Å²) in [5.41, 5.74) is 0. The van der Waals surface area contributed by atoms with Crippen molar-refractivity contribution in [1.29, 1.82) is 5.26 Å². The van der Waals surface area contributed by atoms with E-state index in [2.05, 4.69) is 11.4 Å². The van der Waals surface area contributed by atoms with E-state index in [9.17, 15) is 8.42 Å². The number of sulfone groups is 1. The Bertz CT molecular complexity index is 334. The van der Waals surface area contributed by atoms with Gasteiger partial charge in [-0.05, 0) is 6.42 Å². The Morgan fingerprint density at radius 1 is 1.60 bits per heavy atom. The predicted molar refractivity (Wildman–Crippen MR) is 58.2 cm³/mol. The number of rotatable bonds is 4. The maximum Gasteiger partial charge on any atom is 0.147 e. The Balaban J connectivity index is 2.34. The summed E-state index contributed by atoms with van der Waals surface area (Å²) in [6, 6.07) is 2.10. The molecule has 0 amide bonds. The molecular formula is C9H17N3O2S. The molecule has 6 heteroatoms. The standard InChI is InChI=1S/C9H17N3O2S/c1-15(13,14)6-2-4-12-5-3-11-8-9(12)7-10/h9,11H,2-6,8H2,1H3. The zero-order chi connectivity index (χ0) is 11.3. The number of piperazine rings is 1. The van der Waals surface area contributed by atoms with Crippen LogP contribution in [0.1, 0.15) is 6.42 Å². The van der Waals surface area contributed by atoms with Crippen molar-refractivity contribution in [2.45, 2.75) is 12.5 Å². The van der Waals surface area contributed by atoms with Crippen LogP contribution in [0.15, 0.2) is 0 Å². The van der Waals surface area contributed by atoms with E-state index < -0.39 is 9.84 Å². The highest BCUT2D eigenvalue weighted by atomic mass is 32.2. The molecule has 0 radical (unpaired) electrons. The van der Waals surface area contributed by atoms with E-state index in [-0.39, 0.29) is 11.8 Å². The lowest BCUT2D eigenvalue weighted by atomic mass is 10.2. The third kappa shape index (κ3) is 4.60. The minimum absolute atomic E-state index is 0.113. The lowest BCUT2D eigenvalue weighted by Crippen LogP contribution is -2.50. The van der Waals surface area contributed by atoms with Crippen molar-refractivity contribution >= 4 is 9.84 Å². The van der Waals surface area contributed by atoms with Gasteiger partial charge in [0, 0.05) is 32.4 Å². The second-order valence-corrected chi connectivity index (χ2v) is 6.13. The van der Waals surface area contributed by atoms with E-state index in [1.165, 1.54) is 6.26 Å². The molecule has 1 aliphatic rings. The van der Waals surface area contributed by atoms with Gasteiger partial charge in [0.15, 0.2) is 0 Å². The topological polar surface area (TPSA) is 73.2 Å². The molecule has 1 saturated heterocycles. The summed E-state index contributed by atoms with van der Waals surface area (Å²) >= 11 is 0. The van der Waals surface area contributed by atoms with Crippen molar-refractivity contribution in [2.24, 2.45) is 0 Å². The van der Waals surface area contributed by atoms with Crippen LogP contribution < -0.4 is 5.32 Å². The summed E-state index contributed by atoms with van der Waals surface area (Å²) in [7, 11) is -2.87. The molecule has 15 heavy (non-hydrogen) atoms. The highest BCUT2D eigenvalue weighted by Crippen LogP contribution is 2.03. The van der Waals surface area contributed by atoms with Gasteiger partial charge in [0.1, 0.15) is 15.9 Å². The first-order valence-corrected chi connectivity index (χ1v) is 7.11. The molecule has 0 aromatic heterocycles. The van der Waals surface area contributed by atoms with Crippen molar-refractivity contribution in [1.82, 2.24) is 10.2 Å². The first-order chi connectivity index (χ1) is 7.03. The lowest BCUT2D eigenvalue weighted by Gasteiger charge is -2.31. The minimum atomic E-state index is -2.87. The molecule has 1 heterocycles. The van der Waals surface area contributed by atoms with E-state index >= 15 is 0 Å². The van der Waals surface area contributed by atoms with Crippen molar-refractivity contribution in [3.05, 3.63) is 0 Å². The van der Waals surface area contributed by atoms with Gasteiger partial charge in [0.05, 0.1) is 11.8 Å². The number of nitrogens with one attached hydrogen (secondary N) is 1. The molecule has 1 unspecified atom stereocenters.